The highest BCUT2D eigenvalue weighted by Crippen LogP contribution is 2.41. The smallest absolute Gasteiger partial charge is 0.376 e. The molecule has 2 aromatic carbocycles. The Morgan fingerprint density at radius 2 is 1.50 bits per heavy atom. The molecule has 0 bridgehead atoms. The van der Waals surface area contributed by atoms with Crippen molar-refractivity contribution >= 4 is 0 Å². The summed E-state index contributed by atoms with van der Waals surface area (Å²) in [5.74, 6) is 0. The molecule has 0 amide bonds. The predicted molar refractivity (Wildman–Crippen MR) is 101 cm³/mol. The van der Waals surface area contributed by atoms with Crippen molar-refractivity contribution in [2.24, 2.45) is 0 Å². The van der Waals surface area contributed by atoms with E-state index in [-0.39, 0.29) is 12.7 Å². The fourth-order valence-electron chi connectivity index (χ4n) is 4.02. The van der Waals surface area contributed by atoms with Crippen LogP contribution in [0.15, 0.2) is 54.6 Å². The Labute approximate surface area is 172 Å². The van der Waals surface area contributed by atoms with E-state index in [9.17, 15) is 13.2 Å². The second-order valence-corrected chi connectivity index (χ2v) is 7.29. The summed E-state index contributed by atoms with van der Waals surface area (Å²) in [6.45, 7) is 0.218. The SMILES string of the molecule is CO[C@@H]1[C@@H](OC)[C@H](c2ccccc2)O[C@@H]2CO[C@@H](c3ccc(C(F)(F)F)cc3)O[C@@H]12. The molecule has 5 nitrogen and oxygen atoms in total. The van der Waals surface area contributed by atoms with Crippen LogP contribution < -0.4 is 0 Å². The van der Waals surface area contributed by atoms with Gasteiger partial charge in [-0.3, -0.25) is 0 Å². The molecule has 0 aromatic heterocycles. The lowest BCUT2D eigenvalue weighted by Gasteiger charge is -2.48. The molecule has 2 aliphatic rings. The van der Waals surface area contributed by atoms with Crippen molar-refractivity contribution in [1.82, 2.24) is 0 Å². The first-order chi connectivity index (χ1) is 14.4. The van der Waals surface area contributed by atoms with E-state index in [1.165, 1.54) is 12.1 Å². The molecule has 2 heterocycles. The first-order valence-corrected chi connectivity index (χ1v) is 9.62. The van der Waals surface area contributed by atoms with E-state index in [2.05, 4.69) is 0 Å². The number of rotatable bonds is 4. The van der Waals surface area contributed by atoms with Crippen LogP contribution in [-0.2, 0) is 29.9 Å². The topological polar surface area (TPSA) is 46.2 Å². The van der Waals surface area contributed by atoms with Crippen molar-refractivity contribution in [3.8, 4) is 0 Å². The third-order valence-electron chi connectivity index (χ3n) is 5.51. The van der Waals surface area contributed by atoms with Crippen LogP contribution in [0.3, 0.4) is 0 Å². The molecule has 8 heteroatoms. The lowest BCUT2D eigenvalue weighted by atomic mass is 9.90. The highest BCUT2D eigenvalue weighted by molar-refractivity contribution is 5.26. The summed E-state index contributed by atoms with van der Waals surface area (Å²) in [4.78, 5) is 0. The zero-order valence-electron chi connectivity index (χ0n) is 16.5. The zero-order chi connectivity index (χ0) is 21.3. The van der Waals surface area contributed by atoms with Gasteiger partial charge < -0.3 is 23.7 Å². The first-order valence-electron chi connectivity index (χ1n) is 9.62. The molecular formula is C22H23F3O5. The van der Waals surface area contributed by atoms with Gasteiger partial charge in [0.1, 0.15) is 30.5 Å². The normalized spacial score (nSPS) is 31.9. The maximum Gasteiger partial charge on any atom is 0.416 e. The molecule has 0 saturated carbocycles. The Morgan fingerprint density at radius 1 is 0.833 bits per heavy atom. The summed E-state index contributed by atoms with van der Waals surface area (Å²) >= 11 is 0. The van der Waals surface area contributed by atoms with Crippen LogP contribution in [0.5, 0.6) is 0 Å². The van der Waals surface area contributed by atoms with Gasteiger partial charge in [-0.15, -0.1) is 0 Å². The molecule has 2 aromatic rings. The number of alkyl halides is 3. The minimum atomic E-state index is -4.39. The Bertz CT molecular complexity index is 827. The van der Waals surface area contributed by atoms with E-state index < -0.39 is 42.4 Å². The van der Waals surface area contributed by atoms with Crippen LogP contribution in [0.2, 0.25) is 0 Å². The second-order valence-electron chi connectivity index (χ2n) is 7.29. The molecule has 2 aliphatic heterocycles. The van der Waals surface area contributed by atoms with Crippen molar-refractivity contribution in [1.29, 1.82) is 0 Å². The van der Waals surface area contributed by atoms with Gasteiger partial charge in [-0.2, -0.15) is 13.2 Å². The van der Waals surface area contributed by atoms with E-state index in [1.807, 2.05) is 30.3 Å². The molecule has 6 atom stereocenters. The predicted octanol–water partition coefficient (Wildman–Crippen LogP) is 4.29. The Kier molecular flexibility index (Phi) is 6.13. The van der Waals surface area contributed by atoms with Crippen LogP contribution in [0, 0.1) is 0 Å². The summed E-state index contributed by atoms with van der Waals surface area (Å²) in [6.07, 6.45) is -7.35. The summed E-state index contributed by atoms with van der Waals surface area (Å²) in [5, 5.41) is 0. The Balaban J connectivity index is 1.54. The fourth-order valence-corrected chi connectivity index (χ4v) is 4.02. The van der Waals surface area contributed by atoms with E-state index in [0.717, 1.165) is 17.7 Å². The third kappa shape index (κ3) is 4.10. The molecule has 0 aliphatic carbocycles. The molecule has 0 spiro atoms. The minimum absolute atomic E-state index is 0.218. The summed E-state index contributed by atoms with van der Waals surface area (Å²) < 4.78 is 68.1. The summed E-state index contributed by atoms with van der Waals surface area (Å²) in [6, 6.07) is 14.4. The maximum atomic E-state index is 12.8. The van der Waals surface area contributed by atoms with Gasteiger partial charge in [-0.25, -0.2) is 0 Å². The zero-order valence-corrected chi connectivity index (χ0v) is 16.5. The summed E-state index contributed by atoms with van der Waals surface area (Å²) in [5.41, 5.74) is 0.728. The van der Waals surface area contributed by atoms with Crippen molar-refractivity contribution < 1.29 is 36.9 Å². The maximum absolute atomic E-state index is 12.8. The monoisotopic (exact) mass is 424 g/mol. The second kappa shape index (κ2) is 8.64. The molecule has 2 fully saturated rings. The van der Waals surface area contributed by atoms with Crippen LogP contribution in [0.1, 0.15) is 29.1 Å². The van der Waals surface area contributed by atoms with Crippen LogP contribution >= 0.6 is 0 Å². The van der Waals surface area contributed by atoms with E-state index in [1.54, 1.807) is 14.2 Å². The van der Waals surface area contributed by atoms with Crippen molar-refractivity contribution in [2.45, 2.75) is 43.0 Å². The largest absolute Gasteiger partial charge is 0.416 e. The molecule has 0 N–H and O–H groups in total. The van der Waals surface area contributed by atoms with Crippen molar-refractivity contribution in [3.05, 3.63) is 71.3 Å². The molecule has 30 heavy (non-hydrogen) atoms. The van der Waals surface area contributed by atoms with Crippen LogP contribution in [0.25, 0.3) is 0 Å². The summed E-state index contributed by atoms with van der Waals surface area (Å²) in [7, 11) is 3.16. The Morgan fingerprint density at radius 3 is 2.10 bits per heavy atom. The number of halogens is 3. The molecule has 2 saturated heterocycles. The third-order valence-corrected chi connectivity index (χ3v) is 5.51. The number of hydrogen-bond acceptors (Lipinski definition) is 5. The molecular weight excluding hydrogens is 401 g/mol. The van der Waals surface area contributed by atoms with Gasteiger partial charge in [0.2, 0.25) is 0 Å². The molecule has 4 rings (SSSR count). The van der Waals surface area contributed by atoms with Gasteiger partial charge >= 0.3 is 6.18 Å². The molecule has 0 radical (unpaired) electrons. The number of benzene rings is 2. The fraction of sp³-hybridized carbons (Fsp3) is 0.455. The first kappa shape index (κ1) is 21.3. The average Bonchev–Trinajstić information content (AvgIpc) is 2.77. The standard InChI is InChI=1S/C22H23F3O5/c1-26-19-17(13-6-4-3-5-7-13)29-16-12-28-21(30-18(16)20(19)27-2)14-8-10-15(11-9-14)22(23,24)25/h3-11,16-21H,12H2,1-2H3/t16-,17+,18-,19+,20+,21-/m1/s1. The van der Waals surface area contributed by atoms with E-state index >= 15 is 0 Å². The van der Waals surface area contributed by atoms with Gasteiger partial charge in [0.15, 0.2) is 6.29 Å². The Hall–Kier alpha value is -1.97. The van der Waals surface area contributed by atoms with Crippen molar-refractivity contribution in [3.63, 3.8) is 0 Å². The van der Waals surface area contributed by atoms with Gasteiger partial charge in [-0.1, -0.05) is 42.5 Å². The van der Waals surface area contributed by atoms with Crippen LogP contribution in [-0.4, -0.2) is 45.2 Å². The highest BCUT2D eigenvalue weighted by atomic mass is 19.4. The van der Waals surface area contributed by atoms with Gasteiger partial charge in [0, 0.05) is 19.8 Å². The highest BCUT2D eigenvalue weighted by Gasteiger charge is 2.51. The minimum Gasteiger partial charge on any atom is -0.376 e. The van der Waals surface area contributed by atoms with Crippen LogP contribution in [0.4, 0.5) is 13.2 Å². The lowest BCUT2D eigenvalue weighted by molar-refractivity contribution is -0.334. The number of hydrogen-bond donors (Lipinski definition) is 0. The quantitative estimate of drug-likeness (QED) is 0.733. The lowest BCUT2D eigenvalue weighted by Crippen LogP contribution is -2.60. The number of ether oxygens (including phenoxy) is 5. The average molecular weight is 424 g/mol. The molecule has 0 unspecified atom stereocenters. The van der Waals surface area contributed by atoms with E-state index in [0.29, 0.717) is 5.56 Å². The van der Waals surface area contributed by atoms with Gasteiger partial charge in [0.25, 0.3) is 0 Å². The molecule has 162 valence electrons. The van der Waals surface area contributed by atoms with Gasteiger partial charge in [0.05, 0.1) is 12.2 Å². The van der Waals surface area contributed by atoms with E-state index in [4.69, 9.17) is 23.7 Å². The number of methoxy groups -OCH3 is 2. The number of fused-ring (bicyclic) bond motifs is 1. The van der Waals surface area contributed by atoms with Gasteiger partial charge in [-0.05, 0) is 17.7 Å². The van der Waals surface area contributed by atoms with Crippen molar-refractivity contribution in [2.75, 3.05) is 20.8 Å².